The van der Waals surface area contributed by atoms with Crippen LogP contribution in [0.4, 0.5) is 0 Å². The first kappa shape index (κ1) is 26.8. The van der Waals surface area contributed by atoms with Gasteiger partial charge in [-0.15, -0.1) is 0 Å². The molecule has 0 radical (unpaired) electrons. The summed E-state index contributed by atoms with van der Waals surface area (Å²) >= 11 is 0. The van der Waals surface area contributed by atoms with Gasteiger partial charge in [0.1, 0.15) is 5.75 Å². The number of hydrogen-bond donors (Lipinski definition) is 0. The number of ether oxygens (including phenoxy) is 2. The van der Waals surface area contributed by atoms with Gasteiger partial charge in [0.15, 0.2) is 0 Å². The molecule has 1 aromatic heterocycles. The molecule has 0 spiro atoms. The van der Waals surface area contributed by atoms with Crippen LogP contribution in [0.15, 0.2) is 54.7 Å². The molecule has 0 bridgehead atoms. The molecule has 4 nitrogen and oxygen atoms in total. The monoisotopic (exact) mass is 451 g/mol. The third kappa shape index (κ3) is 11.8. The summed E-state index contributed by atoms with van der Waals surface area (Å²) in [4.78, 5) is 16.4. The second-order valence-electron chi connectivity index (χ2n) is 8.53. The van der Waals surface area contributed by atoms with Gasteiger partial charge in [-0.05, 0) is 56.2 Å². The molecular weight excluding hydrogens is 410 g/mol. The van der Waals surface area contributed by atoms with Gasteiger partial charge in [-0.2, -0.15) is 0 Å². The quantitative estimate of drug-likeness (QED) is 0.140. The van der Waals surface area contributed by atoms with Gasteiger partial charge in [0, 0.05) is 24.9 Å². The van der Waals surface area contributed by atoms with Crippen LogP contribution in [0, 0.1) is 0 Å². The van der Waals surface area contributed by atoms with Gasteiger partial charge < -0.3 is 9.47 Å². The van der Waals surface area contributed by atoms with Crippen LogP contribution in [0.1, 0.15) is 83.6 Å². The molecule has 2 aromatic rings. The first-order valence-electron chi connectivity index (χ1n) is 12.7. The van der Waals surface area contributed by atoms with Crippen LogP contribution in [-0.4, -0.2) is 24.2 Å². The molecule has 0 amide bonds. The lowest BCUT2D eigenvalue weighted by Gasteiger charge is -2.06. The van der Waals surface area contributed by atoms with Crippen LogP contribution in [0.5, 0.6) is 5.75 Å². The van der Waals surface area contributed by atoms with Crippen LogP contribution in [0.3, 0.4) is 0 Å². The second-order valence-corrected chi connectivity index (χ2v) is 8.53. The molecule has 0 aliphatic heterocycles. The summed E-state index contributed by atoms with van der Waals surface area (Å²) in [5.41, 5.74) is 3.28. The Morgan fingerprint density at radius 1 is 0.848 bits per heavy atom. The number of carbonyl (C=O) groups excluding carboxylic acids is 1. The second kappa shape index (κ2) is 17.1. The number of carbonyl (C=O) groups is 1. The van der Waals surface area contributed by atoms with E-state index in [9.17, 15) is 4.79 Å². The van der Waals surface area contributed by atoms with E-state index in [0.717, 1.165) is 56.6 Å². The van der Waals surface area contributed by atoms with Crippen molar-refractivity contribution in [3.63, 3.8) is 0 Å². The van der Waals surface area contributed by atoms with Crippen LogP contribution in [-0.2, 0) is 16.0 Å². The summed E-state index contributed by atoms with van der Waals surface area (Å²) in [6.45, 7) is 6.09. The van der Waals surface area contributed by atoms with E-state index in [-0.39, 0.29) is 5.97 Å². The SMILES string of the molecule is CCCCCCC/C=C/C(=O)Oc1ccc(-c2ccc(CCCCCOCCC)cc2)nc1. The summed E-state index contributed by atoms with van der Waals surface area (Å²) in [5, 5.41) is 0. The Balaban J connectivity index is 1.70. The van der Waals surface area contributed by atoms with Crippen LogP contribution < -0.4 is 4.74 Å². The summed E-state index contributed by atoms with van der Waals surface area (Å²) in [5.74, 6) is 0.121. The normalized spacial score (nSPS) is 11.2. The molecule has 1 aromatic carbocycles. The van der Waals surface area contributed by atoms with Gasteiger partial charge in [-0.3, -0.25) is 4.98 Å². The highest BCUT2D eigenvalue weighted by atomic mass is 16.5. The summed E-state index contributed by atoms with van der Waals surface area (Å²) in [7, 11) is 0. The Hall–Kier alpha value is -2.46. The predicted octanol–water partition coefficient (Wildman–Crippen LogP) is 7.71. The van der Waals surface area contributed by atoms with E-state index in [1.54, 1.807) is 12.3 Å². The maximum Gasteiger partial charge on any atom is 0.335 e. The molecule has 0 saturated heterocycles. The number of rotatable bonds is 17. The first-order chi connectivity index (χ1) is 16.2. The Kier molecular flexibility index (Phi) is 13.9. The number of unbranched alkanes of at least 4 members (excludes halogenated alkanes) is 7. The molecule has 0 saturated carbocycles. The number of hydrogen-bond acceptors (Lipinski definition) is 4. The zero-order valence-electron chi connectivity index (χ0n) is 20.6. The van der Waals surface area contributed by atoms with Crippen molar-refractivity contribution in [1.82, 2.24) is 4.98 Å². The maximum atomic E-state index is 12.0. The summed E-state index contributed by atoms with van der Waals surface area (Å²) < 4.78 is 10.9. The predicted molar refractivity (Wildman–Crippen MR) is 136 cm³/mol. The number of esters is 1. The topological polar surface area (TPSA) is 48.4 Å². The molecule has 0 aliphatic carbocycles. The number of aromatic nitrogens is 1. The highest BCUT2D eigenvalue weighted by molar-refractivity contribution is 5.84. The first-order valence-corrected chi connectivity index (χ1v) is 12.7. The number of allylic oxidation sites excluding steroid dienone is 1. The standard InChI is InChI=1S/C29H41NO3/c1-3-5-6-7-8-9-12-15-29(31)33-27-20-21-28(30-24-27)26-18-16-25(17-19-26)14-11-10-13-23-32-22-4-2/h12,15-21,24H,3-11,13-14,22-23H2,1-2H3/b15-12+. The van der Waals surface area contributed by atoms with Gasteiger partial charge >= 0.3 is 5.97 Å². The van der Waals surface area contributed by atoms with Gasteiger partial charge in [0.25, 0.3) is 0 Å². The Morgan fingerprint density at radius 3 is 2.36 bits per heavy atom. The van der Waals surface area contributed by atoms with Crippen LogP contribution >= 0.6 is 0 Å². The van der Waals surface area contributed by atoms with Crippen molar-refractivity contribution in [3.05, 3.63) is 60.3 Å². The molecule has 33 heavy (non-hydrogen) atoms. The zero-order chi connectivity index (χ0) is 23.6. The van der Waals surface area contributed by atoms with E-state index in [1.165, 1.54) is 50.2 Å². The highest BCUT2D eigenvalue weighted by Crippen LogP contribution is 2.21. The fourth-order valence-electron chi connectivity index (χ4n) is 3.61. The molecule has 1 heterocycles. The fourth-order valence-corrected chi connectivity index (χ4v) is 3.61. The molecule has 0 unspecified atom stereocenters. The van der Waals surface area contributed by atoms with Gasteiger partial charge in [-0.1, -0.05) is 76.3 Å². The average Bonchev–Trinajstić information content (AvgIpc) is 2.84. The lowest BCUT2D eigenvalue weighted by atomic mass is 10.0. The fraction of sp³-hybridized carbons (Fsp3) is 0.517. The Labute approximate surface area is 200 Å². The van der Waals surface area contributed by atoms with Crippen molar-refractivity contribution < 1.29 is 14.3 Å². The van der Waals surface area contributed by atoms with E-state index in [1.807, 2.05) is 12.1 Å². The minimum absolute atomic E-state index is 0.348. The van der Waals surface area contributed by atoms with Crippen molar-refractivity contribution in [2.45, 2.75) is 84.5 Å². The van der Waals surface area contributed by atoms with Crippen molar-refractivity contribution in [1.29, 1.82) is 0 Å². The molecular formula is C29H41NO3. The summed E-state index contributed by atoms with van der Waals surface area (Å²) in [6, 6.07) is 12.3. The third-order valence-corrected chi connectivity index (χ3v) is 5.54. The Morgan fingerprint density at radius 2 is 1.64 bits per heavy atom. The van der Waals surface area contributed by atoms with Crippen molar-refractivity contribution in [2.24, 2.45) is 0 Å². The molecule has 180 valence electrons. The number of aryl methyl sites for hydroxylation is 1. The van der Waals surface area contributed by atoms with Gasteiger partial charge in [-0.25, -0.2) is 4.79 Å². The van der Waals surface area contributed by atoms with Crippen molar-refractivity contribution in [3.8, 4) is 17.0 Å². The molecule has 0 N–H and O–H groups in total. The summed E-state index contributed by atoms with van der Waals surface area (Å²) in [6.07, 6.45) is 17.8. The van der Waals surface area contributed by atoms with E-state index in [0.29, 0.717) is 5.75 Å². The van der Waals surface area contributed by atoms with E-state index in [2.05, 4.69) is 43.1 Å². The lowest BCUT2D eigenvalue weighted by molar-refractivity contribution is -0.129. The molecule has 2 rings (SSSR count). The maximum absolute atomic E-state index is 12.0. The molecule has 0 fully saturated rings. The van der Waals surface area contributed by atoms with E-state index < -0.39 is 0 Å². The number of benzene rings is 1. The van der Waals surface area contributed by atoms with Crippen LogP contribution in [0.2, 0.25) is 0 Å². The lowest BCUT2D eigenvalue weighted by Crippen LogP contribution is -2.04. The molecule has 0 aliphatic rings. The van der Waals surface area contributed by atoms with E-state index in [4.69, 9.17) is 9.47 Å². The third-order valence-electron chi connectivity index (χ3n) is 5.54. The van der Waals surface area contributed by atoms with Crippen LogP contribution in [0.25, 0.3) is 11.3 Å². The Bertz CT molecular complexity index is 797. The minimum Gasteiger partial charge on any atom is -0.422 e. The van der Waals surface area contributed by atoms with Crippen molar-refractivity contribution >= 4 is 5.97 Å². The molecule has 4 heteroatoms. The van der Waals surface area contributed by atoms with E-state index >= 15 is 0 Å². The number of pyridine rings is 1. The zero-order valence-corrected chi connectivity index (χ0v) is 20.6. The van der Waals surface area contributed by atoms with Crippen molar-refractivity contribution in [2.75, 3.05) is 13.2 Å². The minimum atomic E-state index is -0.348. The van der Waals surface area contributed by atoms with Gasteiger partial charge in [0.2, 0.25) is 0 Å². The highest BCUT2D eigenvalue weighted by Gasteiger charge is 2.04. The smallest absolute Gasteiger partial charge is 0.335 e. The van der Waals surface area contributed by atoms with Gasteiger partial charge in [0.05, 0.1) is 11.9 Å². The average molecular weight is 452 g/mol. The number of nitrogens with zero attached hydrogens (tertiary/aromatic N) is 1. The molecule has 0 atom stereocenters. The largest absolute Gasteiger partial charge is 0.422 e.